The topological polar surface area (TPSA) is 77.6 Å². The van der Waals surface area contributed by atoms with Crippen molar-refractivity contribution in [1.29, 1.82) is 0 Å². The molecule has 1 aromatic heterocycles. The van der Waals surface area contributed by atoms with Gasteiger partial charge in [-0.15, -0.1) is 0 Å². The molecule has 1 saturated heterocycles. The molecule has 3 rings (SSSR count). The summed E-state index contributed by atoms with van der Waals surface area (Å²) in [5.41, 5.74) is 2.47. The first kappa shape index (κ1) is 19.8. The zero-order valence-electron chi connectivity index (χ0n) is 15.7. The Labute approximate surface area is 164 Å². The number of ether oxygens (including phenoxy) is 1. The Balaban J connectivity index is 1.75. The minimum atomic E-state index is -0.104. The monoisotopic (exact) mass is 389 g/mol. The molecule has 3 N–H and O–H groups in total. The Morgan fingerprint density at radius 3 is 3.07 bits per heavy atom. The SMILES string of the molecule is Cc1cccc2cc(CN(CCCO)C(=S)NC[C@H]3CCCO3)c(=O)[nH]c12. The highest BCUT2D eigenvalue weighted by Crippen LogP contribution is 2.16. The smallest absolute Gasteiger partial charge is 0.253 e. The summed E-state index contributed by atoms with van der Waals surface area (Å²) in [6, 6.07) is 7.89. The van der Waals surface area contributed by atoms with Crippen LogP contribution in [0, 0.1) is 6.92 Å². The normalized spacial score (nSPS) is 16.6. The summed E-state index contributed by atoms with van der Waals surface area (Å²) in [4.78, 5) is 17.5. The van der Waals surface area contributed by atoms with Crippen molar-refractivity contribution in [3.8, 4) is 0 Å². The van der Waals surface area contributed by atoms with E-state index in [9.17, 15) is 9.90 Å². The van der Waals surface area contributed by atoms with Crippen LogP contribution in [0.5, 0.6) is 0 Å². The molecule has 2 heterocycles. The maximum Gasteiger partial charge on any atom is 0.253 e. The average Bonchev–Trinajstić information content (AvgIpc) is 3.18. The molecule has 1 aromatic carbocycles. The number of hydrogen-bond donors (Lipinski definition) is 3. The largest absolute Gasteiger partial charge is 0.396 e. The number of hydrogen-bond acceptors (Lipinski definition) is 4. The van der Waals surface area contributed by atoms with Gasteiger partial charge < -0.3 is 25.0 Å². The molecule has 2 aromatic rings. The Morgan fingerprint density at radius 2 is 2.33 bits per heavy atom. The molecule has 146 valence electrons. The van der Waals surface area contributed by atoms with Crippen molar-refractivity contribution in [2.75, 3.05) is 26.3 Å². The van der Waals surface area contributed by atoms with E-state index in [2.05, 4.69) is 10.3 Å². The zero-order chi connectivity index (χ0) is 19.2. The van der Waals surface area contributed by atoms with Crippen molar-refractivity contribution in [2.45, 2.75) is 38.8 Å². The summed E-state index contributed by atoms with van der Waals surface area (Å²) < 4.78 is 5.63. The fraction of sp³-hybridized carbons (Fsp3) is 0.500. The van der Waals surface area contributed by atoms with Gasteiger partial charge in [-0.2, -0.15) is 0 Å². The molecule has 1 fully saturated rings. The van der Waals surface area contributed by atoms with E-state index in [0.29, 0.717) is 36.7 Å². The summed E-state index contributed by atoms with van der Waals surface area (Å²) >= 11 is 5.55. The average molecular weight is 390 g/mol. The molecule has 1 aliphatic rings. The van der Waals surface area contributed by atoms with Gasteiger partial charge in [0.2, 0.25) is 0 Å². The number of pyridine rings is 1. The first-order valence-corrected chi connectivity index (χ1v) is 9.86. The predicted octanol–water partition coefficient (Wildman–Crippen LogP) is 2.07. The third-order valence-electron chi connectivity index (χ3n) is 4.90. The molecule has 6 nitrogen and oxygen atoms in total. The Morgan fingerprint density at radius 1 is 1.48 bits per heavy atom. The van der Waals surface area contributed by atoms with Crippen LogP contribution < -0.4 is 10.9 Å². The zero-order valence-corrected chi connectivity index (χ0v) is 16.5. The van der Waals surface area contributed by atoms with E-state index in [1.165, 1.54) is 0 Å². The number of aliphatic hydroxyl groups excluding tert-OH is 1. The molecule has 0 aliphatic carbocycles. The van der Waals surface area contributed by atoms with Crippen molar-refractivity contribution >= 4 is 28.2 Å². The van der Waals surface area contributed by atoms with E-state index in [4.69, 9.17) is 17.0 Å². The van der Waals surface area contributed by atoms with Gasteiger partial charge in [-0.25, -0.2) is 0 Å². The van der Waals surface area contributed by atoms with Gasteiger partial charge >= 0.3 is 0 Å². The number of aliphatic hydroxyl groups is 1. The third kappa shape index (κ3) is 5.06. The van der Waals surface area contributed by atoms with Gasteiger partial charge in [0.1, 0.15) is 0 Å². The van der Waals surface area contributed by atoms with Crippen LogP contribution in [0.25, 0.3) is 10.9 Å². The minimum absolute atomic E-state index is 0.0815. The van der Waals surface area contributed by atoms with E-state index >= 15 is 0 Å². The number of para-hydroxylation sites is 1. The molecular formula is C20H27N3O3S. The number of H-pyrrole nitrogens is 1. The van der Waals surface area contributed by atoms with Crippen LogP contribution in [0.1, 0.15) is 30.4 Å². The number of rotatable bonds is 7. The van der Waals surface area contributed by atoms with Crippen molar-refractivity contribution in [3.63, 3.8) is 0 Å². The van der Waals surface area contributed by atoms with Crippen LogP contribution in [-0.4, -0.2) is 52.5 Å². The molecule has 0 radical (unpaired) electrons. The number of aromatic amines is 1. The standard InChI is InChI=1S/C20H27N3O3S/c1-14-5-2-6-15-11-16(19(25)22-18(14)15)13-23(8-4-9-24)20(27)21-12-17-7-3-10-26-17/h2,5-6,11,17,24H,3-4,7-10,12-13H2,1H3,(H,21,27)(H,22,25)/t17-/m1/s1. The first-order chi connectivity index (χ1) is 13.1. The summed E-state index contributed by atoms with van der Waals surface area (Å²) in [6.45, 7) is 4.52. The van der Waals surface area contributed by atoms with E-state index in [1.54, 1.807) is 0 Å². The Hall–Kier alpha value is -1.96. The van der Waals surface area contributed by atoms with Gasteiger partial charge in [-0.05, 0) is 55.4 Å². The van der Waals surface area contributed by atoms with Gasteiger partial charge in [0.05, 0.1) is 18.2 Å². The van der Waals surface area contributed by atoms with Crippen LogP contribution in [0.4, 0.5) is 0 Å². The van der Waals surface area contributed by atoms with Crippen LogP contribution in [0.15, 0.2) is 29.1 Å². The van der Waals surface area contributed by atoms with E-state index in [-0.39, 0.29) is 18.3 Å². The molecule has 0 bridgehead atoms. The van der Waals surface area contributed by atoms with E-state index in [0.717, 1.165) is 35.9 Å². The number of thiocarbonyl (C=S) groups is 1. The van der Waals surface area contributed by atoms with Gasteiger partial charge in [0, 0.05) is 31.9 Å². The lowest BCUT2D eigenvalue weighted by molar-refractivity contribution is 0.113. The fourth-order valence-corrected chi connectivity index (χ4v) is 3.62. The molecule has 0 spiro atoms. The molecule has 27 heavy (non-hydrogen) atoms. The number of aromatic nitrogens is 1. The van der Waals surface area contributed by atoms with Crippen LogP contribution in [-0.2, 0) is 11.3 Å². The van der Waals surface area contributed by atoms with E-state index in [1.807, 2.05) is 36.1 Å². The van der Waals surface area contributed by atoms with Gasteiger partial charge in [-0.1, -0.05) is 18.2 Å². The van der Waals surface area contributed by atoms with Crippen LogP contribution >= 0.6 is 12.2 Å². The lowest BCUT2D eigenvalue weighted by Gasteiger charge is -2.26. The Bertz CT molecular complexity index is 846. The minimum Gasteiger partial charge on any atom is -0.396 e. The molecule has 0 amide bonds. The summed E-state index contributed by atoms with van der Waals surface area (Å²) in [7, 11) is 0. The van der Waals surface area contributed by atoms with Crippen molar-refractivity contribution < 1.29 is 9.84 Å². The van der Waals surface area contributed by atoms with Gasteiger partial charge in [0.25, 0.3) is 5.56 Å². The van der Waals surface area contributed by atoms with Gasteiger partial charge in [0.15, 0.2) is 5.11 Å². The number of nitrogens with zero attached hydrogens (tertiary/aromatic N) is 1. The maximum absolute atomic E-state index is 12.6. The third-order valence-corrected chi connectivity index (χ3v) is 5.31. The Kier molecular flexibility index (Phi) is 6.82. The summed E-state index contributed by atoms with van der Waals surface area (Å²) in [5.74, 6) is 0. The molecule has 7 heteroatoms. The molecule has 1 atom stereocenters. The number of aryl methyl sites for hydroxylation is 1. The second kappa shape index (κ2) is 9.30. The lowest BCUT2D eigenvalue weighted by Crippen LogP contribution is -2.43. The van der Waals surface area contributed by atoms with Crippen molar-refractivity contribution in [1.82, 2.24) is 15.2 Å². The van der Waals surface area contributed by atoms with Crippen molar-refractivity contribution in [3.05, 3.63) is 45.7 Å². The summed E-state index contributed by atoms with van der Waals surface area (Å²) in [5, 5.41) is 14.1. The maximum atomic E-state index is 12.6. The lowest BCUT2D eigenvalue weighted by atomic mass is 10.1. The fourth-order valence-electron chi connectivity index (χ4n) is 3.38. The molecule has 1 aliphatic heterocycles. The highest BCUT2D eigenvalue weighted by Gasteiger charge is 2.18. The first-order valence-electron chi connectivity index (χ1n) is 9.45. The van der Waals surface area contributed by atoms with Crippen molar-refractivity contribution in [2.24, 2.45) is 0 Å². The predicted molar refractivity (Wildman–Crippen MR) is 111 cm³/mol. The van der Waals surface area contributed by atoms with Crippen LogP contribution in [0.3, 0.4) is 0 Å². The van der Waals surface area contributed by atoms with Crippen LogP contribution in [0.2, 0.25) is 0 Å². The quantitative estimate of drug-likeness (QED) is 0.630. The second-order valence-electron chi connectivity index (χ2n) is 6.98. The number of fused-ring (bicyclic) bond motifs is 1. The number of nitrogens with one attached hydrogen (secondary N) is 2. The highest BCUT2D eigenvalue weighted by atomic mass is 32.1. The van der Waals surface area contributed by atoms with Gasteiger partial charge in [-0.3, -0.25) is 4.79 Å². The second-order valence-corrected chi connectivity index (χ2v) is 7.37. The molecular weight excluding hydrogens is 362 g/mol. The molecule has 0 saturated carbocycles. The summed E-state index contributed by atoms with van der Waals surface area (Å²) in [6.07, 6.45) is 2.90. The highest BCUT2D eigenvalue weighted by molar-refractivity contribution is 7.80. The van der Waals surface area contributed by atoms with E-state index < -0.39 is 0 Å². The number of benzene rings is 1. The molecule has 0 unspecified atom stereocenters.